The Morgan fingerprint density at radius 2 is 0.855 bits per heavy atom. The van der Waals surface area contributed by atoms with Crippen molar-refractivity contribution < 1.29 is 35.4 Å². The van der Waals surface area contributed by atoms with Gasteiger partial charge in [0.2, 0.25) is 10.8 Å². The van der Waals surface area contributed by atoms with Crippen molar-refractivity contribution in [3.05, 3.63) is 143 Å². The van der Waals surface area contributed by atoms with Crippen molar-refractivity contribution in [1.82, 2.24) is 0 Å². The Labute approximate surface area is 317 Å². The van der Waals surface area contributed by atoms with E-state index in [0.29, 0.717) is 21.5 Å². The van der Waals surface area contributed by atoms with Crippen molar-refractivity contribution in [3.63, 3.8) is 0 Å². The van der Waals surface area contributed by atoms with Gasteiger partial charge in [-0.1, -0.05) is 96.7 Å². The van der Waals surface area contributed by atoms with Crippen LogP contribution in [0.25, 0.3) is 53.0 Å². The summed E-state index contributed by atoms with van der Waals surface area (Å²) in [6.45, 7) is 0. The highest BCUT2D eigenvalue weighted by Gasteiger charge is 2.28. The minimum Gasteiger partial charge on any atom is -0.867 e. The van der Waals surface area contributed by atoms with Gasteiger partial charge in [-0.15, -0.1) is 0 Å². The van der Waals surface area contributed by atoms with Crippen LogP contribution in [-0.4, -0.2) is 16.8 Å². The zero-order valence-electron chi connectivity index (χ0n) is 28.0. The van der Waals surface area contributed by atoms with Crippen LogP contribution >= 0.6 is 11.8 Å². The second kappa shape index (κ2) is 13.5. The summed E-state index contributed by atoms with van der Waals surface area (Å²) in [5.74, 6) is -1.46. The molecule has 0 aromatic heterocycles. The topological polar surface area (TPSA) is 189 Å². The number of diazo groups is 2. The molecule has 0 unspecified atom stereocenters. The predicted octanol–water partition coefficient (Wildman–Crippen LogP) is 9.10. The van der Waals surface area contributed by atoms with Gasteiger partial charge in [-0.3, -0.25) is 0 Å². The molecule has 0 N–H and O–H groups in total. The van der Waals surface area contributed by atoms with Gasteiger partial charge >= 0.3 is 31.6 Å². The molecular formula is C40H22N4O8S3. The Morgan fingerprint density at radius 1 is 0.455 bits per heavy atom. The number of fused-ring (bicyclic) bond motifs is 4. The molecule has 0 amide bonds. The van der Waals surface area contributed by atoms with Crippen molar-refractivity contribution in [2.24, 2.45) is 0 Å². The summed E-state index contributed by atoms with van der Waals surface area (Å²) < 4.78 is 68.4. The van der Waals surface area contributed by atoms with E-state index in [0.717, 1.165) is 11.8 Å². The maximum absolute atomic E-state index is 14.1. The smallest absolute Gasteiger partial charge is 0.378 e. The third kappa shape index (κ3) is 6.12. The van der Waals surface area contributed by atoms with Crippen LogP contribution in [-0.2, 0) is 20.2 Å². The molecule has 0 atom stereocenters. The van der Waals surface area contributed by atoms with Gasteiger partial charge in [0, 0.05) is 33.7 Å². The Hall–Kier alpha value is -6.91. The molecular weight excluding hydrogens is 761 g/mol. The van der Waals surface area contributed by atoms with Crippen LogP contribution in [0.15, 0.2) is 153 Å². The quantitative estimate of drug-likeness (QED) is 0.106. The highest BCUT2D eigenvalue weighted by atomic mass is 32.2. The number of hydrogen-bond acceptors (Lipinski definition) is 11. The Bertz CT molecular complexity index is 3020. The van der Waals surface area contributed by atoms with Crippen LogP contribution in [0.5, 0.6) is 23.0 Å². The molecule has 15 heteroatoms. The van der Waals surface area contributed by atoms with Gasteiger partial charge in [0.25, 0.3) is 0 Å². The second-order valence-electron chi connectivity index (χ2n) is 12.1. The van der Waals surface area contributed by atoms with E-state index in [2.05, 4.69) is 9.95 Å². The second-order valence-corrected chi connectivity index (χ2v) is 16.2. The van der Waals surface area contributed by atoms with Crippen LogP contribution in [0.2, 0.25) is 0 Å². The fourth-order valence-electron chi connectivity index (χ4n) is 6.38. The maximum Gasteiger partial charge on any atom is 0.378 e. The summed E-state index contributed by atoms with van der Waals surface area (Å²) in [4.78, 5) is 5.94. The SMILES string of the molecule is N#[N+]c1ccc2c(S(=O)(=O)Oc3c(Sc4ccc5ccccc5c4OS(=O)(=O)c4cccc5c([O-])c([N+]#N)ccc45)ccc4ccccc34)cccc2c1[O-]. The monoisotopic (exact) mass is 782 g/mol. The fourth-order valence-corrected chi connectivity index (χ4v) is 9.85. The highest BCUT2D eigenvalue weighted by molar-refractivity contribution is 7.99. The van der Waals surface area contributed by atoms with E-state index >= 15 is 0 Å². The van der Waals surface area contributed by atoms with E-state index in [9.17, 15) is 37.8 Å². The summed E-state index contributed by atoms with van der Waals surface area (Å²) in [6.07, 6.45) is 0. The molecule has 0 saturated carbocycles. The standard InChI is InChI=1S/C40H22N4O8S3/c41-43-31-19-17-27-29(37(31)45)11-5-13-35(27)54(47,48)51-39-25-9-3-1-7-23(25)15-21-33(39)53-34-22-16-24-8-2-4-10-26(24)40(34)52-55(49,50)36-14-6-12-30-28(36)18-20-32(44-42)38(30)46/h1-22H. The van der Waals surface area contributed by atoms with Crippen LogP contribution in [0.3, 0.4) is 0 Å². The summed E-state index contributed by atoms with van der Waals surface area (Å²) in [7, 11) is -9.28. The van der Waals surface area contributed by atoms with E-state index in [1.807, 2.05) is 0 Å². The lowest BCUT2D eigenvalue weighted by Crippen LogP contribution is -2.12. The first kappa shape index (κ1) is 35.1. The van der Waals surface area contributed by atoms with Crippen molar-refractivity contribution in [2.45, 2.75) is 19.6 Å². The number of nitrogens with zero attached hydrogens (tertiary/aromatic N) is 4. The van der Waals surface area contributed by atoms with Gasteiger partial charge in [0.05, 0.1) is 9.79 Å². The molecule has 0 aliphatic heterocycles. The maximum atomic E-state index is 14.1. The largest absolute Gasteiger partial charge is 0.867 e. The Balaban J connectivity index is 1.26. The van der Waals surface area contributed by atoms with Crippen LogP contribution in [0.4, 0.5) is 11.4 Å². The zero-order valence-corrected chi connectivity index (χ0v) is 30.4. The molecule has 0 bridgehead atoms. The van der Waals surface area contributed by atoms with Gasteiger partial charge in [-0.05, 0) is 69.4 Å². The lowest BCUT2D eigenvalue weighted by Gasteiger charge is -2.18. The number of rotatable bonds is 8. The predicted molar refractivity (Wildman–Crippen MR) is 204 cm³/mol. The highest BCUT2D eigenvalue weighted by Crippen LogP contribution is 2.47. The lowest BCUT2D eigenvalue weighted by atomic mass is 10.1. The van der Waals surface area contributed by atoms with E-state index in [4.69, 9.17) is 8.37 Å². The molecule has 0 fully saturated rings. The Kier molecular flexibility index (Phi) is 8.62. The average molecular weight is 783 g/mol. The third-order valence-electron chi connectivity index (χ3n) is 8.95. The van der Waals surface area contributed by atoms with Gasteiger partial charge in [-0.25, -0.2) is 0 Å². The fraction of sp³-hybridized carbons (Fsp3) is 0. The summed E-state index contributed by atoms with van der Waals surface area (Å²) in [5.41, 5.74) is -0.512. The number of benzene rings is 8. The molecule has 268 valence electrons. The van der Waals surface area contributed by atoms with Crippen molar-refractivity contribution in [2.75, 3.05) is 0 Å². The van der Waals surface area contributed by atoms with Crippen LogP contribution in [0, 0.1) is 10.8 Å². The summed E-state index contributed by atoms with van der Waals surface area (Å²) in [5, 5.41) is 46.5. The molecule has 0 aliphatic carbocycles. The van der Waals surface area contributed by atoms with Crippen LogP contribution < -0.4 is 18.6 Å². The van der Waals surface area contributed by atoms with Crippen molar-refractivity contribution in [3.8, 4) is 23.0 Å². The van der Waals surface area contributed by atoms with Gasteiger partial charge in [0.1, 0.15) is 9.79 Å². The van der Waals surface area contributed by atoms with Crippen LogP contribution in [0.1, 0.15) is 0 Å². The lowest BCUT2D eigenvalue weighted by molar-refractivity contribution is -0.265. The molecule has 55 heavy (non-hydrogen) atoms. The van der Waals surface area contributed by atoms with Gasteiger partial charge in [0.15, 0.2) is 21.5 Å². The third-order valence-corrected chi connectivity index (χ3v) is 12.6. The summed E-state index contributed by atoms with van der Waals surface area (Å²) in [6, 6.07) is 34.0. The van der Waals surface area contributed by atoms with Gasteiger partial charge in [-0.2, -0.15) is 16.8 Å². The van der Waals surface area contributed by atoms with Crippen molar-refractivity contribution in [1.29, 1.82) is 10.8 Å². The molecule has 8 rings (SSSR count). The van der Waals surface area contributed by atoms with E-state index in [1.54, 1.807) is 72.8 Å². The number of hydrogen-bond donors (Lipinski definition) is 0. The minimum absolute atomic E-state index is 0.00756. The molecule has 12 nitrogen and oxygen atoms in total. The molecule has 8 aromatic rings. The van der Waals surface area contributed by atoms with Gasteiger partial charge < -0.3 is 18.6 Å². The van der Waals surface area contributed by atoms with E-state index < -0.39 is 31.7 Å². The average Bonchev–Trinajstić information content (AvgIpc) is 3.19. The molecule has 8 aromatic carbocycles. The zero-order chi connectivity index (χ0) is 38.5. The molecule has 0 heterocycles. The van der Waals surface area contributed by atoms with Crippen molar-refractivity contribution >= 4 is 86.5 Å². The summed E-state index contributed by atoms with van der Waals surface area (Å²) >= 11 is 1.01. The van der Waals surface area contributed by atoms with E-state index in [1.165, 1.54) is 60.7 Å². The molecule has 0 radical (unpaired) electrons. The molecule has 0 aliphatic rings. The first-order chi connectivity index (χ1) is 26.5. The molecule has 0 spiro atoms. The minimum atomic E-state index is -4.64. The first-order valence-electron chi connectivity index (χ1n) is 16.3. The normalized spacial score (nSPS) is 11.7. The molecule has 0 saturated heterocycles. The van der Waals surface area contributed by atoms with E-state index in [-0.39, 0.29) is 64.0 Å². The Morgan fingerprint density at radius 3 is 1.27 bits per heavy atom. The first-order valence-corrected chi connectivity index (χ1v) is 19.9.